The van der Waals surface area contributed by atoms with Crippen LogP contribution in [0.15, 0.2) is 30.3 Å². The van der Waals surface area contributed by atoms with E-state index < -0.39 is 7.60 Å². The first-order valence-electron chi connectivity index (χ1n) is 7.08. The summed E-state index contributed by atoms with van der Waals surface area (Å²) in [6.07, 6.45) is 2.51. The zero-order valence-corrected chi connectivity index (χ0v) is 13.1. The maximum Gasteiger partial charge on any atom is 0.331 e. The van der Waals surface area contributed by atoms with Gasteiger partial charge < -0.3 is 9.05 Å². The van der Waals surface area contributed by atoms with E-state index in [9.17, 15) is 4.57 Å². The number of rotatable bonds is 9. The molecule has 19 heavy (non-hydrogen) atoms. The van der Waals surface area contributed by atoms with Crippen LogP contribution in [0.4, 0.5) is 0 Å². The molecule has 0 bridgehead atoms. The molecule has 0 unspecified atom stereocenters. The second kappa shape index (κ2) is 8.52. The predicted octanol–water partition coefficient (Wildman–Crippen LogP) is 4.84. The van der Waals surface area contributed by atoms with Gasteiger partial charge in [0.05, 0.1) is 19.4 Å². The molecule has 1 rings (SSSR count). The molecule has 0 spiro atoms. The lowest BCUT2D eigenvalue weighted by atomic mass is 9.97. The third kappa shape index (κ3) is 5.48. The van der Waals surface area contributed by atoms with Crippen molar-refractivity contribution in [1.29, 1.82) is 0 Å². The van der Waals surface area contributed by atoms with Gasteiger partial charge in [-0.3, -0.25) is 4.57 Å². The van der Waals surface area contributed by atoms with Crippen molar-refractivity contribution in [2.24, 2.45) is 0 Å². The fraction of sp³-hybridized carbons (Fsp3) is 0.600. The highest BCUT2D eigenvalue weighted by Gasteiger charge is 2.28. The SMILES string of the molecule is CCC[C@@H](CP(=O)(OCC)OCC)c1ccccc1. The minimum absolute atomic E-state index is 0.232. The van der Waals surface area contributed by atoms with E-state index in [1.54, 1.807) is 0 Å². The van der Waals surface area contributed by atoms with Gasteiger partial charge in [0, 0.05) is 0 Å². The molecule has 0 N–H and O–H groups in total. The monoisotopic (exact) mass is 284 g/mol. The van der Waals surface area contributed by atoms with Crippen molar-refractivity contribution in [3.63, 3.8) is 0 Å². The Morgan fingerprint density at radius 3 is 2.11 bits per heavy atom. The van der Waals surface area contributed by atoms with Gasteiger partial charge in [-0.25, -0.2) is 0 Å². The van der Waals surface area contributed by atoms with Gasteiger partial charge in [-0.15, -0.1) is 0 Å². The summed E-state index contributed by atoms with van der Waals surface area (Å²) >= 11 is 0. The number of hydrogen-bond acceptors (Lipinski definition) is 3. The van der Waals surface area contributed by atoms with Gasteiger partial charge in [0.25, 0.3) is 0 Å². The summed E-state index contributed by atoms with van der Waals surface area (Å²) in [4.78, 5) is 0. The van der Waals surface area contributed by atoms with E-state index in [1.165, 1.54) is 5.56 Å². The molecule has 0 aliphatic rings. The molecule has 0 saturated carbocycles. The Kier molecular flexibility index (Phi) is 7.37. The highest BCUT2D eigenvalue weighted by atomic mass is 31.2. The minimum Gasteiger partial charge on any atom is -0.309 e. The van der Waals surface area contributed by atoms with Gasteiger partial charge in [-0.05, 0) is 31.7 Å². The molecule has 0 aliphatic heterocycles. The third-order valence-corrected chi connectivity index (χ3v) is 5.19. The summed E-state index contributed by atoms with van der Waals surface area (Å²) < 4.78 is 23.4. The molecular formula is C15H25O3P. The van der Waals surface area contributed by atoms with Crippen LogP contribution in [0.3, 0.4) is 0 Å². The topological polar surface area (TPSA) is 35.5 Å². The minimum atomic E-state index is -2.97. The Balaban J connectivity index is 2.84. The predicted molar refractivity (Wildman–Crippen MR) is 79.8 cm³/mol. The highest BCUT2D eigenvalue weighted by Crippen LogP contribution is 2.51. The van der Waals surface area contributed by atoms with E-state index in [1.807, 2.05) is 32.0 Å². The number of hydrogen-bond donors (Lipinski definition) is 0. The highest BCUT2D eigenvalue weighted by molar-refractivity contribution is 7.53. The molecule has 0 aromatic heterocycles. The van der Waals surface area contributed by atoms with E-state index >= 15 is 0 Å². The van der Waals surface area contributed by atoms with Crippen molar-refractivity contribution in [2.75, 3.05) is 19.4 Å². The Bertz CT molecular complexity index is 382. The van der Waals surface area contributed by atoms with Crippen LogP contribution < -0.4 is 0 Å². The lowest BCUT2D eigenvalue weighted by Crippen LogP contribution is -2.09. The Morgan fingerprint density at radius 1 is 1.05 bits per heavy atom. The van der Waals surface area contributed by atoms with Crippen LogP contribution in [-0.4, -0.2) is 19.4 Å². The fourth-order valence-electron chi connectivity index (χ4n) is 2.24. The first-order chi connectivity index (χ1) is 9.15. The zero-order valence-electron chi connectivity index (χ0n) is 12.2. The molecule has 108 valence electrons. The second-order valence-electron chi connectivity index (χ2n) is 4.53. The van der Waals surface area contributed by atoms with Crippen molar-refractivity contribution in [2.45, 2.75) is 39.5 Å². The van der Waals surface area contributed by atoms with Gasteiger partial charge in [0.15, 0.2) is 0 Å². The standard InChI is InChI=1S/C15H25O3P/c1-4-10-15(14-11-8-7-9-12-14)13-19(16,17-5-2)18-6-3/h7-9,11-12,15H,4-6,10,13H2,1-3H3/t15-/m0/s1. The van der Waals surface area contributed by atoms with Gasteiger partial charge in [0.2, 0.25) is 0 Å². The molecule has 3 nitrogen and oxygen atoms in total. The molecule has 1 aromatic carbocycles. The quantitative estimate of drug-likeness (QED) is 0.609. The van der Waals surface area contributed by atoms with Crippen molar-refractivity contribution < 1.29 is 13.6 Å². The van der Waals surface area contributed by atoms with Crippen molar-refractivity contribution >= 4 is 7.60 Å². The molecule has 1 atom stereocenters. The third-order valence-electron chi connectivity index (χ3n) is 3.00. The summed E-state index contributed by atoms with van der Waals surface area (Å²) in [6.45, 7) is 6.68. The van der Waals surface area contributed by atoms with Gasteiger partial charge in [0.1, 0.15) is 0 Å². The summed E-state index contributed by atoms with van der Waals surface area (Å²) in [5.74, 6) is 0.232. The van der Waals surface area contributed by atoms with E-state index in [4.69, 9.17) is 9.05 Å². The lowest BCUT2D eigenvalue weighted by Gasteiger charge is -2.23. The van der Waals surface area contributed by atoms with Crippen LogP contribution in [0.5, 0.6) is 0 Å². The molecule has 0 heterocycles. The lowest BCUT2D eigenvalue weighted by molar-refractivity contribution is 0.218. The van der Waals surface area contributed by atoms with E-state index in [-0.39, 0.29) is 5.92 Å². The van der Waals surface area contributed by atoms with E-state index in [0.29, 0.717) is 19.4 Å². The van der Waals surface area contributed by atoms with Gasteiger partial charge in [-0.2, -0.15) is 0 Å². The first kappa shape index (κ1) is 16.4. The van der Waals surface area contributed by atoms with Gasteiger partial charge in [-0.1, -0.05) is 43.7 Å². The first-order valence-corrected chi connectivity index (χ1v) is 8.81. The van der Waals surface area contributed by atoms with Crippen LogP contribution in [0.25, 0.3) is 0 Å². The summed E-state index contributed by atoms with van der Waals surface area (Å²) in [5, 5.41) is 0. The van der Waals surface area contributed by atoms with Crippen molar-refractivity contribution in [1.82, 2.24) is 0 Å². The largest absolute Gasteiger partial charge is 0.331 e. The van der Waals surface area contributed by atoms with Crippen LogP contribution in [0.1, 0.15) is 45.1 Å². The summed E-state index contributed by atoms with van der Waals surface area (Å²) in [6, 6.07) is 10.2. The van der Waals surface area contributed by atoms with Crippen LogP contribution in [0, 0.1) is 0 Å². The Labute approximate surface area is 116 Å². The molecule has 0 fully saturated rings. The fourth-order valence-corrected chi connectivity index (χ4v) is 4.25. The van der Waals surface area contributed by atoms with Gasteiger partial charge >= 0.3 is 7.60 Å². The maximum absolute atomic E-state index is 12.6. The maximum atomic E-state index is 12.6. The average molecular weight is 284 g/mol. The second-order valence-corrected chi connectivity index (χ2v) is 6.63. The van der Waals surface area contributed by atoms with Crippen LogP contribution in [0.2, 0.25) is 0 Å². The molecule has 4 heteroatoms. The summed E-state index contributed by atoms with van der Waals surface area (Å²) in [5.41, 5.74) is 1.21. The van der Waals surface area contributed by atoms with Crippen LogP contribution in [-0.2, 0) is 13.6 Å². The summed E-state index contributed by atoms with van der Waals surface area (Å²) in [7, 11) is -2.97. The normalized spacial score (nSPS) is 13.4. The molecule has 0 aliphatic carbocycles. The number of benzene rings is 1. The Hall–Kier alpha value is -0.630. The average Bonchev–Trinajstić information content (AvgIpc) is 2.40. The van der Waals surface area contributed by atoms with E-state index in [2.05, 4.69) is 19.1 Å². The van der Waals surface area contributed by atoms with Crippen LogP contribution >= 0.6 is 7.60 Å². The molecule has 1 aromatic rings. The molecule has 0 radical (unpaired) electrons. The molecular weight excluding hydrogens is 259 g/mol. The smallest absolute Gasteiger partial charge is 0.309 e. The van der Waals surface area contributed by atoms with Crippen molar-refractivity contribution in [3.05, 3.63) is 35.9 Å². The molecule has 0 amide bonds. The Morgan fingerprint density at radius 2 is 1.63 bits per heavy atom. The zero-order chi connectivity index (χ0) is 14.1. The van der Waals surface area contributed by atoms with E-state index in [0.717, 1.165) is 12.8 Å². The molecule has 0 saturated heterocycles. The van der Waals surface area contributed by atoms with Crippen molar-refractivity contribution in [3.8, 4) is 0 Å².